The predicted molar refractivity (Wildman–Crippen MR) is 103 cm³/mol. The van der Waals surface area contributed by atoms with Gasteiger partial charge in [-0.05, 0) is 48.4 Å². The van der Waals surface area contributed by atoms with Crippen molar-refractivity contribution < 1.29 is 13.5 Å². The number of pyridine rings is 1. The van der Waals surface area contributed by atoms with Gasteiger partial charge in [0.1, 0.15) is 0 Å². The summed E-state index contributed by atoms with van der Waals surface area (Å²) in [6, 6.07) is 7.73. The molecule has 0 N–H and O–H groups in total. The van der Waals surface area contributed by atoms with E-state index in [0.717, 1.165) is 69.8 Å². The molecule has 6 heteroatoms. The third kappa shape index (κ3) is 4.33. The van der Waals surface area contributed by atoms with Crippen LogP contribution in [0, 0.1) is 17.6 Å². The predicted octanol–water partition coefficient (Wildman–Crippen LogP) is 3.15. The third-order valence-electron chi connectivity index (χ3n) is 5.92. The summed E-state index contributed by atoms with van der Waals surface area (Å²) in [4.78, 5) is 14.8. The number of rotatable bonds is 4. The van der Waals surface area contributed by atoms with Gasteiger partial charge < -0.3 is 9.30 Å². The van der Waals surface area contributed by atoms with E-state index in [0.29, 0.717) is 12.5 Å². The zero-order valence-corrected chi connectivity index (χ0v) is 16.0. The topological polar surface area (TPSA) is 34.5 Å². The lowest BCUT2D eigenvalue weighted by Crippen LogP contribution is -2.30. The van der Waals surface area contributed by atoms with Gasteiger partial charge in [0.25, 0.3) is 5.56 Å². The van der Waals surface area contributed by atoms with E-state index in [9.17, 15) is 13.6 Å². The fourth-order valence-electron chi connectivity index (χ4n) is 4.28. The molecule has 150 valence electrons. The molecule has 0 radical (unpaired) electrons. The molecule has 4 nitrogen and oxygen atoms in total. The van der Waals surface area contributed by atoms with Crippen LogP contribution in [-0.4, -0.2) is 35.8 Å². The summed E-state index contributed by atoms with van der Waals surface area (Å²) in [6.07, 6.45) is 3.64. The Morgan fingerprint density at radius 1 is 1.00 bits per heavy atom. The molecule has 0 aliphatic carbocycles. The maximum atomic E-state index is 13.5. The molecule has 0 atom stereocenters. The summed E-state index contributed by atoms with van der Waals surface area (Å²) in [7, 11) is 0. The van der Waals surface area contributed by atoms with Crippen molar-refractivity contribution in [3.63, 3.8) is 0 Å². The molecule has 1 saturated heterocycles. The van der Waals surface area contributed by atoms with Crippen molar-refractivity contribution in [2.45, 2.75) is 38.8 Å². The monoisotopic (exact) mass is 388 g/mol. The molecular weight excluding hydrogens is 362 g/mol. The second-order valence-corrected chi connectivity index (χ2v) is 7.83. The minimum atomic E-state index is -0.816. The lowest BCUT2D eigenvalue weighted by atomic mass is 9.99. The highest BCUT2D eigenvalue weighted by molar-refractivity contribution is 5.24. The summed E-state index contributed by atoms with van der Waals surface area (Å²) >= 11 is 0. The number of hydrogen-bond donors (Lipinski definition) is 0. The van der Waals surface area contributed by atoms with Gasteiger partial charge in [0, 0.05) is 57.6 Å². The lowest BCUT2D eigenvalue weighted by molar-refractivity contribution is 0.0606. The van der Waals surface area contributed by atoms with Crippen molar-refractivity contribution in [2.24, 2.45) is 5.92 Å². The van der Waals surface area contributed by atoms with Crippen LogP contribution in [0.4, 0.5) is 8.78 Å². The van der Waals surface area contributed by atoms with Crippen molar-refractivity contribution in [1.29, 1.82) is 0 Å². The summed E-state index contributed by atoms with van der Waals surface area (Å²) in [5.74, 6) is -1.13. The number of halogens is 2. The summed E-state index contributed by atoms with van der Waals surface area (Å²) in [5.41, 5.74) is 3.19. The molecular formula is C22H26F2N2O2. The van der Waals surface area contributed by atoms with Crippen LogP contribution in [-0.2, 0) is 30.7 Å². The van der Waals surface area contributed by atoms with E-state index in [1.54, 1.807) is 12.1 Å². The minimum absolute atomic E-state index is 0.0688. The van der Waals surface area contributed by atoms with Crippen LogP contribution in [0.15, 0.2) is 35.1 Å². The highest BCUT2D eigenvalue weighted by Gasteiger charge is 2.21. The molecule has 3 heterocycles. The van der Waals surface area contributed by atoms with Crippen LogP contribution >= 0.6 is 0 Å². The van der Waals surface area contributed by atoms with E-state index in [1.165, 1.54) is 17.7 Å². The van der Waals surface area contributed by atoms with E-state index in [1.807, 2.05) is 10.6 Å². The summed E-state index contributed by atoms with van der Waals surface area (Å²) in [6.45, 7) is 4.52. The average Bonchev–Trinajstić information content (AvgIpc) is 2.90. The van der Waals surface area contributed by atoms with Gasteiger partial charge in [-0.2, -0.15) is 0 Å². The van der Waals surface area contributed by atoms with Crippen molar-refractivity contribution >= 4 is 0 Å². The van der Waals surface area contributed by atoms with Gasteiger partial charge in [-0.15, -0.1) is 0 Å². The van der Waals surface area contributed by atoms with Crippen LogP contribution in [0.2, 0.25) is 0 Å². The SMILES string of the molecule is O=c1ccc2c(n1CC1CCOCC1)CCN(Cc1ccc(F)c(F)c1)CC2. The molecule has 1 aromatic carbocycles. The van der Waals surface area contributed by atoms with E-state index >= 15 is 0 Å². The molecule has 2 aromatic rings. The molecule has 0 spiro atoms. The number of benzene rings is 1. The highest BCUT2D eigenvalue weighted by atomic mass is 19.2. The van der Waals surface area contributed by atoms with Crippen molar-refractivity contribution in [1.82, 2.24) is 9.47 Å². The zero-order chi connectivity index (χ0) is 19.5. The number of hydrogen-bond acceptors (Lipinski definition) is 3. The van der Waals surface area contributed by atoms with Crippen LogP contribution in [0.1, 0.15) is 29.7 Å². The van der Waals surface area contributed by atoms with E-state index in [2.05, 4.69) is 4.90 Å². The van der Waals surface area contributed by atoms with E-state index in [4.69, 9.17) is 4.74 Å². The quantitative estimate of drug-likeness (QED) is 0.807. The summed E-state index contributed by atoms with van der Waals surface area (Å²) < 4.78 is 34.1. The fraction of sp³-hybridized carbons (Fsp3) is 0.500. The maximum Gasteiger partial charge on any atom is 0.250 e. The Morgan fingerprint density at radius 3 is 2.57 bits per heavy atom. The fourth-order valence-corrected chi connectivity index (χ4v) is 4.28. The Morgan fingerprint density at radius 2 is 1.79 bits per heavy atom. The normalized spacial score (nSPS) is 18.6. The molecule has 1 aromatic heterocycles. The summed E-state index contributed by atoms with van der Waals surface area (Å²) in [5, 5.41) is 0. The van der Waals surface area contributed by atoms with Crippen molar-refractivity contribution in [2.75, 3.05) is 26.3 Å². The van der Waals surface area contributed by atoms with Gasteiger partial charge >= 0.3 is 0 Å². The van der Waals surface area contributed by atoms with Crippen LogP contribution in [0.5, 0.6) is 0 Å². The number of nitrogens with zero attached hydrogens (tertiary/aromatic N) is 2. The molecule has 1 fully saturated rings. The first-order valence-electron chi connectivity index (χ1n) is 10.1. The van der Waals surface area contributed by atoms with Gasteiger partial charge in [0.15, 0.2) is 11.6 Å². The van der Waals surface area contributed by atoms with Gasteiger partial charge in [0.2, 0.25) is 0 Å². The molecule has 0 saturated carbocycles. The Labute approximate surface area is 163 Å². The second-order valence-electron chi connectivity index (χ2n) is 7.83. The number of aromatic nitrogens is 1. The Bertz CT molecular complexity index is 891. The molecule has 0 bridgehead atoms. The zero-order valence-electron chi connectivity index (χ0n) is 16.0. The van der Waals surface area contributed by atoms with Crippen molar-refractivity contribution in [3.8, 4) is 0 Å². The molecule has 2 aliphatic rings. The molecule has 28 heavy (non-hydrogen) atoms. The third-order valence-corrected chi connectivity index (χ3v) is 5.92. The Hall–Kier alpha value is -2.05. The van der Waals surface area contributed by atoms with E-state index in [-0.39, 0.29) is 5.56 Å². The average molecular weight is 388 g/mol. The minimum Gasteiger partial charge on any atom is -0.381 e. The Balaban J connectivity index is 1.49. The highest BCUT2D eigenvalue weighted by Crippen LogP contribution is 2.21. The van der Waals surface area contributed by atoms with Gasteiger partial charge in [-0.3, -0.25) is 9.69 Å². The largest absolute Gasteiger partial charge is 0.381 e. The van der Waals surface area contributed by atoms with Gasteiger partial charge in [0.05, 0.1) is 0 Å². The van der Waals surface area contributed by atoms with Crippen LogP contribution < -0.4 is 5.56 Å². The Kier molecular flexibility index (Phi) is 5.87. The first-order chi connectivity index (χ1) is 13.6. The lowest BCUT2D eigenvalue weighted by Gasteiger charge is -2.25. The van der Waals surface area contributed by atoms with Crippen LogP contribution in [0.25, 0.3) is 0 Å². The van der Waals surface area contributed by atoms with Gasteiger partial charge in [-0.25, -0.2) is 8.78 Å². The molecule has 4 rings (SSSR count). The number of fused-ring (bicyclic) bond motifs is 1. The molecule has 0 unspecified atom stereocenters. The maximum absolute atomic E-state index is 13.5. The first kappa shape index (κ1) is 19.3. The van der Waals surface area contributed by atoms with Crippen LogP contribution in [0.3, 0.4) is 0 Å². The first-order valence-corrected chi connectivity index (χ1v) is 10.1. The smallest absolute Gasteiger partial charge is 0.250 e. The van der Waals surface area contributed by atoms with Crippen molar-refractivity contribution in [3.05, 3.63) is 69.1 Å². The molecule has 0 amide bonds. The number of ether oxygens (including phenoxy) is 1. The standard InChI is InChI=1S/C22H26F2N2O2/c23-19-3-1-17(13-20(19)24)14-25-9-5-18-2-4-22(27)26(21(18)6-10-25)15-16-7-11-28-12-8-16/h1-4,13,16H,5-12,14-15H2. The van der Waals surface area contributed by atoms with E-state index < -0.39 is 11.6 Å². The second kappa shape index (κ2) is 8.53. The van der Waals surface area contributed by atoms with Gasteiger partial charge in [-0.1, -0.05) is 12.1 Å². The molecule has 2 aliphatic heterocycles.